The van der Waals surface area contributed by atoms with Gasteiger partial charge in [-0.1, -0.05) is 6.07 Å². The van der Waals surface area contributed by atoms with Crippen molar-refractivity contribution < 1.29 is 9.18 Å². The molecule has 0 fully saturated rings. The maximum Gasteiger partial charge on any atom is 0.328 e. The molecule has 3 heterocycles. The van der Waals surface area contributed by atoms with Crippen LogP contribution in [0.3, 0.4) is 0 Å². The lowest BCUT2D eigenvalue weighted by molar-refractivity contribution is 0.0959. The van der Waals surface area contributed by atoms with Gasteiger partial charge in [0.15, 0.2) is 5.82 Å². The largest absolute Gasteiger partial charge is 0.355 e. The van der Waals surface area contributed by atoms with Crippen molar-refractivity contribution in [2.24, 2.45) is 21.1 Å². The first-order valence-electron chi connectivity index (χ1n) is 12.3. The molecule has 40 heavy (non-hydrogen) atoms. The van der Waals surface area contributed by atoms with E-state index in [-0.39, 0.29) is 11.3 Å². The Hall–Kier alpha value is -5.50. The van der Waals surface area contributed by atoms with E-state index in [9.17, 15) is 19.2 Å². The number of halogens is 1. The standard InChI is InChI=1S/C29H23FN8O2/c1-32-28(39)19-7-5-16(9-21(19)30)20-12-22-24(10-17(20)13-31)38(27(34-22)26-14-33-15-35(26)2)18-6-8-23-25(11-18)37(4)29(40)36(23)3/h5-12,14-15H,1-4H3,(H,32,39). The topological polar surface area (TPSA) is 115 Å². The lowest BCUT2D eigenvalue weighted by atomic mass is 9.98. The normalized spacial score (nSPS) is 11.3. The third-order valence-electron chi connectivity index (χ3n) is 7.23. The summed E-state index contributed by atoms with van der Waals surface area (Å²) in [6.45, 7) is 0. The van der Waals surface area contributed by atoms with Crippen LogP contribution >= 0.6 is 0 Å². The maximum atomic E-state index is 14.8. The molecular formula is C29H23FN8O2. The zero-order valence-electron chi connectivity index (χ0n) is 22.1. The molecule has 0 atom stereocenters. The minimum atomic E-state index is -0.691. The molecule has 0 saturated heterocycles. The molecule has 0 bridgehead atoms. The molecular weight excluding hydrogens is 511 g/mol. The van der Waals surface area contributed by atoms with E-state index in [2.05, 4.69) is 16.4 Å². The molecule has 0 aliphatic rings. The van der Waals surface area contributed by atoms with Crippen molar-refractivity contribution in [3.63, 3.8) is 0 Å². The average Bonchev–Trinajstić information content (AvgIpc) is 3.62. The number of carbonyl (C=O) groups excluding carboxylic acids is 1. The van der Waals surface area contributed by atoms with E-state index in [0.29, 0.717) is 33.5 Å². The van der Waals surface area contributed by atoms with E-state index in [0.717, 1.165) is 22.4 Å². The second-order valence-corrected chi connectivity index (χ2v) is 9.51. The zero-order chi connectivity index (χ0) is 28.3. The Morgan fingerprint density at radius 3 is 2.45 bits per heavy atom. The summed E-state index contributed by atoms with van der Waals surface area (Å²) < 4.78 is 21.8. The van der Waals surface area contributed by atoms with Crippen LogP contribution in [-0.2, 0) is 21.1 Å². The van der Waals surface area contributed by atoms with Gasteiger partial charge in [-0.2, -0.15) is 5.26 Å². The van der Waals surface area contributed by atoms with Crippen LogP contribution in [0.25, 0.3) is 50.4 Å². The fraction of sp³-hybridized carbons (Fsp3) is 0.138. The summed E-state index contributed by atoms with van der Waals surface area (Å²) in [7, 11) is 6.74. The Morgan fingerprint density at radius 1 is 1.00 bits per heavy atom. The van der Waals surface area contributed by atoms with Gasteiger partial charge in [0.25, 0.3) is 5.91 Å². The highest BCUT2D eigenvalue weighted by atomic mass is 19.1. The molecule has 0 spiro atoms. The first-order chi connectivity index (χ1) is 19.2. The number of amides is 1. The summed E-state index contributed by atoms with van der Waals surface area (Å²) in [5.74, 6) is -0.645. The number of aryl methyl sites for hydroxylation is 3. The van der Waals surface area contributed by atoms with Crippen molar-refractivity contribution in [2.75, 3.05) is 7.05 Å². The minimum Gasteiger partial charge on any atom is -0.355 e. The summed E-state index contributed by atoms with van der Waals surface area (Å²) in [4.78, 5) is 33.7. The Morgan fingerprint density at radius 2 is 1.77 bits per heavy atom. The van der Waals surface area contributed by atoms with Crippen LogP contribution in [0.2, 0.25) is 0 Å². The highest BCUT2D eigenvalue weighted by Gasteiger charge is 2.21. The zero-order valence-corrected chi connectivity index (χ0v) is 22.1. The second-order valence-electron chi connectivity index (χ2n) is 9.51. The lowest BCUT2D eigenvalue weighted by Gasteiger charge is -2.12. The molecule has 0 saturated carbocycles. The highest BCUT2D eigenvalue weighted by Crippen LogP contribution is 2.34. The first kappa shape index (κ1) is 24.8. The van der Waals surface area contributed by atoms with E-state index >= 15 is 0 Å². The fourth-order valence-corrected chi connectivity index (χ4v) is 5.10. The molecule has 0 aliphatic carbocycles. The Labute approximate surface area is 227 Å². The molecule has 0 unspecified atom stereocenters. The number of rotatable bonds is 4. The van der Waals surface area contributed by atoms with Gasteiger partial charge in [0.2, 0.25) is 0 Å². The molecule has 11 heteroatoms. The monoisotopic (exact) mass is 534 g/mol. The Bertz CT molecular complexity index is 2100. The van der Waals surface area contributed by atoms with Crippen molar-refractivity contribution in [3.8, 4) is 34.4 Å². The molecule has 3 aromatic carbocycles. The molecule has 10 nitrogen and oxygen atoms in total. The van der Waals surface area contributed by atoms with Gasteiger partial charge in [-0.3, -0.25) is 18.5 Å². The van der Waals surface area contributed by atoms with Gasteiger partial charge in [0.05, 0.1) is 51.8 Å². The molecule has 1 N–H and O–H groups in total. The van der Waals surface area contributed by atoms with Gasteiger partial charge in [-0.15, -0.1) is 0 Å². The quantitative estimate of drug-likeness (QED) is 0.371. The van der Waals surface area contributed by atoms with Crippen LogP contribution < -0.4 is 11.0 Å². The van der Waals surface area contributed by atoms with Crippen molar-refractivity contribution >= 4 is 28.0 Å². The SMILES string of the molecule is CNC(=O)c1ccc(-c2cc3nc(-c4cncn4C)n(-c4ccc5c(c4)n(C)c(=O)n5C)c3cc2C#N)cc1F. The number of carbonyl (C=O) groups is 1. The molecule has 3 aromatic heterocycles. The number of nitrogens with one attached hydrogen (secondary N) is 1. The number of benzene rings is 3. The number of hydrogen-bond acceptors (Lipinski definition) is 5. The van der Waals surface area contributed by atoms with E-state index in [4.69, 9.17) is 4.98 Å². The van der Waals surface area contributed by atoms with E-state index in [1.807, 2.05) is 34.4 Å². The predicted molar refractivity (Wildman–Crippen MR) is 148 cm³/mol. The fourth-order valence-electron chi connectivity index (χ4n) is 5.10. The summed E-state index contributed by atoms with van der Waals surface area (Å²) in [6, 6.07) is 15.6. The number of aromatic nitrogens is 6. The number of nitriles is 1. The van der Waals surface area contributed by atoms with Gasteiger partial charge in [0.1, 0.15) is 11.5 Å². The minimum absolute atomic E-state index is 0.0840. The summed E-state index contributed by atoms with van der Waals surface area (Å²) in [6.07, 6.45) is 3.37. The molecule has 6 rings (SSSR count). The van der Waals surface area contributed by atoms with E-state index < -0.39 is 11.7 Å². The van der Waals surface area contributed by atoms with Crippen LogP contribution in [-0.4, -0.2) is 41.2 Å². The Kier molecular flexibility index (Phi) is 5.62. The van der Waals surface area contributed by atoms with Crippen LogP contribution in [0.1, 0.15) is 15.9 Å². The van der Waals surface area contributed by atoms with Crippen molar-refractivity contribution in [1.82, 2.24) is 33.6 Å². The van der Waals surface area contributed by atoms with Crippen molar-refractivity contribution in [1.29, 1.82) is 5.26 Å². The second kappa shape index (κ2) is 9.06. The van der Waals surface area contributed by atoms with Gasteiger partial charge in [-0.25, -0.2) is 19.2 Å². The molecule has 1 amide bonds. The number of fused-ring (bicyclic) bond motifs is 2. The third kappa shape index (κ3) is 3.61. The first-order valence-corrected chi connectivity index (χ1v) is 12.3. The van der Waals surface area contributed by atoms with Gasteiger partial charge in [0, 0.05) is 39.4 Å². The van der Waals surface area contributed by atoms with Crippen LogP contribution in [0.15, 0.2) is 65.8 Å². The van der Waals surface area contributed by atoms with Crippen molar-refractivity contribution in [3.05, 3.63) is 88.5 Å². The number of hydrogen-bond donors (Lipinski definition) is 1. The molecule has 0 radical (unpaired) electrons. The molecule has 6 aromatic rings. The van der Waals surface area contributed by atoms with Gasteiger partial charge >= 0.3 is 5.69 Å². The van der Waals surface area contributed by atoms with E-state index in [1.54, 1.807) is 54.0 Å². The number of nitrogens with zero attached hydrogens (tertiary/aromatic N) is 7. The molecule has 0 aliphatic heterocycles. The predicted octanol–water partition coefficient (Wildman–Crippen LogP) is 3.65. The summed E-state index contributed by atoms with van der Waals surface area (Å²) >= 11 is 0. The van der Waals surface area contributed by atoms with Crippen LogP contribution in [0.5, 0.6) is 0 Å². The maximum absolute atomic E-state index is 14.8. The Balaban J connectivity index is 1.63. The molecule has 198 valence electrons. The highest BCUT2D eigenvalue weighted by molar-refractivity contribution is 5.95. The van der Waals surface area contributed by atoms with Gasteiger partial charge in [-0.05, 0) is 48.0 Å². The lowest BCUT2D eigenvalue weighted by Crippen LogP contribution is -2.19. The van der Waals surface area contributed by atoms with Gasteiger partial charge < -0.3 is 9.88 Å². The smallest absolute Gasteiger partial charge is 0.328 e. The van der Waals surface area contributed by atoms with Crippen molar-refractivity contribution in [2.45, 2.75) is 0 Å². The summed E-state index contributed by atoms with van der Waals surface area (Å²) in [5.41, 5.74) is 5.24. The van der Waals surface area contributed by atoms with Crippen LogP contribution in [0, 0.1) is 17.1 Å². The third-order valence-corrected chi connectivity index (χ3v) is 7.23. The number of imidazole rings is 3. The summed E-state index contributed by atoms with van der Waals surface area (Å²) in [5, 5.41) is 12.5. The van der Waals surface area contributed by atoms with Crippen LogP contribution in [0.4, 0.5) is 4.39 Å². The average molecular weight is 535 g/mol. The van der Waals surface area contributed by atoms with E-state index in [1.165, 1.54) is 19.2 Å².